The second kappa shape index (κ2) is 11.8. The SMILES string of the molecule is COc1ccc(C2CC(C(F)F)n3nc(-c4ccc(C(=O)N5CCNC[C@H]5C)cc4C)cc3N2)cc1OC.Cl. The lowest BCUT2D eigenvalue weighted by molar-refractivity contribution is 0.0652. The molecule has 0 aliphatic carbocycles. The van der Waals surface area contributed by atoms with E-state index in [9.17, 15) is 13.6 Å². The highest BCUT2D eigenvalue weighted by Gasteiger charge is 2.35. The molecule has 1 aromatic heterocycles. The number of anilines is 1. The van der Waals surface area contributed by atoms with Gasteiger partial charge in [-0.15, -0.1) is 12.4 Å². The van der Waals surface area contributed by atoms with Crippen LogP contribution < -0.4 is 20.1 Å². The van der Waals surface area contributed by atoms with Crippen molar-refractivity contribution >= 4 is 24.1 Å². The number of aryl methyl sites for hydroxylation is 1. The summed E-state index contributed by atoms with van der Waals surface area (Å²) in [5.41, 5.74) is 3.68. The number of benzene rings is 2. The van der Waals surface area contributed by atoms with E-state index in [4.69, 9.17) is 9.47 Å². The lowest BCUT2D eigenvalue weighted by Gasteiger charge is -2.34. The molecule has 1 fully saturated rings. The van der Waals surface area contributed by atoms with Crippen molar-refractivity contribution in [2.75, 3.05) is 39.2 Å². The molecule has 210 valence electrons. The van der Waals surface area contributed by atoms with Crippen LogP contribution in [-0.4, -0.2) is 66.9 Å². The summed E-state index contributed by atoms with van der Waals surface area (Å²) in [6, 6.07) is 11.4. The van der Waals surface area contributed by atoms with Gasteiger partial charge < -0.3 is 25.0 Å². The quantitative estimate of drug-likeness (QED) is 0.436. The Bertz CT molecular complexity index is 1330. The minimum absolute atomic E-state index is 0. The molecule has 8 nitrogen and oxygen atoms in total. The van der Waals surface area contributed by atoms with Crippen LogP contribution in [0.25, 0.3) is 11.3 Å². The van der Waals surface area contributed by atoms with Gasteiger partial charge in [-0.3, -0.25) is 4.79 Å². The zero-order chi connectivity index (χ0) is 27.0. The smallest absolute Gasteiger partial charge is 0.260 e. The van der Waals surface area contributed by atoms with Crippen LogP contribution in [0, 0.1) is 6.92 Å². The molecule has 11 heteroatoms. The average molecular weight is 562 g/mol. The van der Waals surface area contributed by atoms with E-state index in [0.717, 1.165) is 29.8 Å². The van der Waals surface area contributed by atoms with Gasteiger partial charge in [0.15, 0.2) is 11.5 Å². The molecule has 0 spiro atoms. The van der Waals surface area contributed by atoms with Crippen molar-refractivity contribution in [3.63, 3.8) is 0 Å². The number of halogens is 3. The molecule has 2 aliphatic rings. The van der Waals surface area contributed by atoms with E-state index >= 15 is 0 Å². The second-order valence-corrected chi connectivity index (χ2v) is 9.89. The van der Waals surface area contributed by atoms with Gasteiger partial charge in [-0.1, -0.05) is 12.1 Å². The number of ether oxygens (including phenoxy) is 2. The van der Waals surface area contributed by atoms with Gasteiger partial charge in [0.1, 0.15) is 11.9 Å². The first kappa shape index (κ1) is 28.6. The number of nitrogens with one attached hydrogen (secondary N) is 2. The monoisotopic (exact) mass is 561 g/mol. The Hall–Kier alpha value is -3.37. The van der Waals surface area contributed by atoms with Gasteiger partial charge in [-0.25, -0.2) is 13.5 Å². The van der Waals surface area contributed by atoms with Gasteiger partial charge in [0.05, 0.1) is 26.0 Å². The third kappa shape index (κ3) is 5.53. The van der Waals surface area contributed by atoms with Crippen molar-refractivity contribution in [1.82, 2.24) is 20.0 Å². The Kier molecular flexibility index (Phi) is 8.66. The molecule has 2 aliphatic heterocycles. The lowest BCUT2D eigenvalue weighted by Crippen LogP contribution is -2.52. The van der Waals surface area contributed by atoms with E-state index in [1.165, 1.54) is 4.68 Å². The Morgan fingerprint density at radius 1 is 1.10 bits per heavy atom. The number of amides is 1. The number of fused-ring (bicyclic) bond motifs is 1. The van der Waals surface area contributed by atoms with Crippen LogP contribution in [0.4, 0.5) is 14.6 Å². The number of carbonyl (C=O) groups is 1. The van der Waals surface area contributed by atoms with Crippen LogP contribution in [0.15, 0.2) is 42.5 Å². The number of aromatic nitrogens is 2. The predicted octanol–water partition coefficient (Wildman–Crippen LogP) is 5.09. The molecular weight excluding hydrogens is 528 g/mol. The molecule has 0 radical (unpaired) electrons. The van der Waals surface area contributed by atoms with E-state index in [2.05, 4.69) is 15.7 Å². The van der Waals surface area contributed by atoms with E-state index in [0.29, 0.717) is 35.1 Å². The molecule has 1 amide bonds. The van der Waals surface area contributed by atoms with Crippen molar-refractivity contribution in [2.24, 2.45) is 0 Å². The molecule has 1 saturated heterocycles. The van der Waals surface area contributed by atoms with E-state index in [1.54, 1.807) is 32.4 Å². The number of hydrogen-bond donors (Lipinski definition) is 2. The Morgan fingerprint density at radius 3 is 2.54 bits per heavy atom. The minimum Gasteiger partial charge on any atom is -0.493 e. The lowest BCUT2D eigenvalue weighted by atomic mass is 9.97. The van der Waals surface area contributed by atoms with Gasteiger partial charge in [0.2, 0.25) is 0 Å². The fourth-order valence-corrected chi connectivity index (χ4v) is 5.36. The fourth-order valence-electron chi connectivity index (χ4n) is 5.36. The van der Waals surface area contributed by atoms with Crippen molar-refractivity contribution in [1.29, 1.82) is 0 Å². The first-order valence-corrected chi connectivity index (χ1v) is 12.8. The minimum atomic E-state index is -2.59. The van der Waals surface area contributed by atoms with Crippen LogP contribution in [-0.2, 0) is 0 Å². The molecule has 3 heterocycles. The Morgan fingerprint density at radius 2 is 1.87 bits per heavy atom. The average Bonchev–Trinajstić information content (AvgIpc) is 3.35. The third-order valence-electron chi connectivity index (χ3n) is 7.46. The summed E-state index contributed by atoms with van der Waals surface area (Å²) in [5.74, 6) is 1.63. The molecule has 2 N–H and O–H groups in total. The summed E-state index contributed by atoms with van der Waals surface area (Å²) >= 11 is 0. The molecule has 2 unspecified atom stereocenters. The highest BCUT2D eigenvalue weighted by Crippen LogP contribution is 2.41. The van der Waals surface area contributed by atoms with E-state index in [1.807, 2.05) is 43.0 Å². The molecule has 0 bridgehead atoms. The maximum absolute atomic E-state index is 14.2. The maximum Gasteiger partial charge on any atom is 0.260 e. The van der Waals surface area contributed by atoms with Crippen LogP contribution >= 0.6 is 12.4 Å². The van der Waals surface area contributed by atoms with Gasteiger partial charge in [-0.05, 0) is 55.7 Å². The first-order valence-electron chi connectivity index (χ1n) is 12.8. The van der Waals surface area contributed by atoms with Crippen molar-refractivity contribution < 1.29 is 23.0 Å². The van der Waals surface area contributed by atoms with Gasteiger partial charge in [-0.2, -0.15) is 5.10 Å². The maximum atomic E-state index is 14.2. The molecule has 0 saturated carbocycles. The van der Waals surface area contributed by atoms with Gasteiger partial charge >= 0.3 is 0 Å². The standard InChI is InChI=1S/C28H33F2N5O3.ClH/c1-16-11-19(28(36)34-10-9-31-15-17(34)2)5-7-20(16)22-14-26-32-21(13-23(27(29)30)35(26)33-22)18-6-8-24(37-3)25(12-18)38-4;/h5-8,11-12,14,17,21,23,27,31-32H,9-10,13,15H2,1-4H3;1H/t17-,21?,23?;/m1./s1. The zero-order valence-corrected chi connectivity index (χ0v) is 23.2. The summed E-state index contributed by atoms with van der Waals surface area (Å²) < 4.78 is 40.5. The number of rotatable bonds is 6. The molecule has 3 atom stereocenters. The van der Waals surface area contributed by atoms with Crippen molar-refractivity contribution in [2.45, 2.75) is 44.8 Å². The summed E-state index contributed by atoms with van der Waals surface area (Å²) in [6.07, 6.45) is -2.43. The highest BCUT2D eigenvalue weighted by atomic mass is 35.5. The molecule has 5 rings (SSSR count). The normalized spacial score (nSPS) is 20.6. The largest absolute Gasteiger partial charge is 0.493 e. The van der Waals surface area contributed by atoms with E-state index < -0.39 is 12.5 Å². The molecule has 39 heavy (non-hydrogen) atoms. The number of methoxy groups -OCH3 is 2. The molecule has 3 aromatic rings. The van der Waals surface area contributed by atoms with E-state index in [-0.39, 0.29) is 36.8 Å². The Labute approximate surface area is 233 Å². The molecule has 2 aromatic carbocycles. The number of carbonyl (C=O) groups excluding carboxylic acids is 1. The Balaban J connectivity index is 0.00000353. The van der Waals surface area contributed by atoms with Crippen LogP contribution in [0.1, 0.15) is 46.9 Å². The summed E-state index contributed by atoms with van der Waals surface area (Å²) in [6.45, 7) is 6.15. The predicted molar refractivity (Wildman–Crippen MR) is 149 cm³/mol. The highest BCUT2D eigenvalue weighted by molar-refractivity contribution is 5.95. The number of alkyl halides is 2. The first-order chi connectivity index (χ1) is 18.3. The fraction of sp³-hybridized carbons (Fsp3) is 0.429. The zero-order valence-electron chi connectivity index (χ0n) is 22.4. The third-order valence-corrected chi connectivity index (χ3v) is 7.46. The van der Waals surface area contributed by atoms with Crippen LogP contribution in [0.2, 0.25) is 0 Å². The summed E-state index contributed by atoms with van der Waals surface area (Å²) in [7, 11) is 3.10. The van der Waals surface area contributed by atoms with Gasteiger partial charge in [0, 0.05) is 42.9 Å². The van der Waals surface area contributed by atoms with Crippen LogP contribution in [0.3, 0.4) is 0 Å². The van der Waals surface area contributed by atoms with Crippen molar-refractivity contribution in [3.8, 4) is 22.8 Å². The second-order valence-electron chi connectivity index (χ2n) is 9.89. The number of piperazine rings is 1. The topological polar surface area (TPSA) is 80.7 Å². The molecular formula is C28H34ClF2N5O3. The van der Waals surface area contributed by atoms with Crippen molar-refractivity contribution in [3.05, 3.63) is 59.2 Å². The number of hydrogen-bond acceptors (Lipinski definition) is 6. The number of nitrogens with zero attached hydrogens (tertiary/aromatic N) is 3. The van der Waals surface area contributed by atoms with Crippen LogP contribution in [0.5, 0.6) is 11.5 Å². The van der Waals surface area contributed by atoms with Gasteiger partial charge in [0.25, 0.3) is 12.3 Å². The summed E-state index contributed by atoms with van der Waals surface area (Å²) in [4.78, 5) is 15.0. The summed E-state index contributed by atoms with van der Waals surface area (Å²) in [5, 5.41) is 11.3.